The van der Waals surface area contributed by atoms with E-state index in [9.17, 15) is 13.2 Å². The molecule has 0 aromatic heterocycles. The average molecular weight is 434 g/mol. The number of carbonyl (C=O) groups is 1. The predicted octanol–water partition coefficient (Wildman–Crippen LogP) is 2.63. The summed E-state index contributed by atoms with van der Waals surface area (Å²) in [6.45, 7) is 5.06. The predicted molar refractivity (Wildman–Crippen MR) is 118 cm³/mol. The normalized spacial score (nSPS) is 11.7. The van der Waals surface area contributed by atoms with Crippen LogP contribution in [0.2, 0.25) is 0 Å². The molecule has 0 unspecified atom stereocenters. The number of nitrogens with zero attached hydrogens (tertiary/aromatic N) is 2. The highest BCUT2D eigenvalue weighted by Gasteiger charge is 2.22. The molecule has 2 aromatic carbocycles. The Balaban J connectivity index is 2.19. The summed E-state index contributed by atoms with van der Waals surface area (Å²) < 4.78 is 36.1. The van der Waals surface area contributed by atoms with Crippen LogP contribution in [0.5, 0.6) is 11.5 Å². The van der Waals surface area contributed by atoms with Gasteiger partial charge in [0.2, 0.25) is 10.0 Å². The van der Waals surface area contributed by atoms with E-state index in [1.54, 1.807) is 51.3 Å². The van der Waals surface area contributed by atoms with Crippen molar-refractivity contribution in [1.82, 2.24) is 5.43 Å². The van der Waals surface area contributed by atoms with Crippen LogP contribution in [-0.2, 0) is 14.8 Å². The van der Waals surface area contributed by atoms with Gasteiger partial charge in [0.25, 0.3) is 5.91 Å². The van der Waals surface area contributed by atoms with Crippen LogP contribution in [0, 0.1) is 13.8 Å². The van der Waals surface area contributed by atoms with Gasteiger partial charge >= 0.3 is 0 Å². The highest BCUT2D eigenvalue weighted by Crippen LogP contribution is 2.27. The number of methoxy groups -OCH3 is 2. The highest BCUT2D eigenvalue weighted by atomic mass is 32.2. The Morgan fingerprint density at radius 1 is 1.07 bits per heavy atom. The summed E-state index contributed by atoms with van der Waals surface area (Å²) in [5.41, 5.74) is 5.90. The maximum absolute atomic E-state index is 12.4. The Kier molecular flexibility index (Phi) is 7.44. The first-order chi connectivity index (χ1) is 14.1. The molecule has 0 spiro atoms. The van der Waals surface area contributed by atoms with Crippen LogP contribution in [-0.4, -0.2) is 47.1 Å². The molecule has 2 rings (SSSR count). The molecule has 0 aliphatic carbocycles. The van der Waals surface area contributed by atoms with Crippen molar-refractivity contribution in [3.05, 3.63) is 53.1 Å². The number of hydrogen-bond donors (Lipinski definition) is 1. The Bertz CT molecular complexity index is 1060. The van der Waals surface area contributed by atoms with E-state index in [2.05, 4.69) is 10.5 Å². The molecule has 2 aromatic rings. The van der Waals surface area contributed by atoms with Crippen molar-refractivity contribution in [2.24, 2.45) is 5.10 Å². The summed E-state index contributed by atoms with van der Waals surface area (Å²) in [6.07, 6.45) is 1.07. The lowest BCUT2D eigenvalue weighted by molar-refractivity contribution is -0.119. The van der Waals surface area contributed by atoms with Gasteiger partial charge < -0.3 is 9.47 Å². The van der Waals surface area contributed by atoms with Gasteiger partial charge in [-0.2, -0.15) is 5.10 Å². The number of nitrogens with one attached hydrogen (secondary N) is 1. The fourth-order valence-corrected chi connectivity index (χ4v) is 3.82. The lowest BCUT2D eigenvalue weighted by Gasteiger charge is -2.23. The summed E-state index contributed by atoms with van der Waals surface area (Å²) in [5, 5.41) is 4.09. The van der Waals surface area contributed by atoms with Gasteiger partial charge in [0.05, 0.1) is 31.9 Å². The minimum Gasteiger partial charge on any atom is -0.493 e. The third kappa shape index (κ3) is 5.73. The van der Waals surface area contributed by atoms with Gasteiger partial charge in [-0.25, -0.2) is 13.8 Å². The number of ether oxygens (including phenoxy) is 2. The Morgan fingerprint density at radius 2 is 1.73 bits per heavy atom. The van der Waals surface area contributed by atoms with E-state index in [1.165, 1.54) is 7.11 Å². The van der Waals surface area contributed by atoms with E-state index in [1.807, 2.05) is 13.0 Å². The van der Waals surface area contributed by atoms with E-state index in [-0.39, 0.29) is 6.54 Å². The zero-order valence-electron chi connectivity index (χ0n) is 18.0. The minimum atomic E-state index is -3.66. The number of sulfonamides is 1. The molecule has 8 nitrogen and oxygen atoms in total. The minimum absolute atomic E-state index is 0.383. The van der Waals surface area contributed by atoms with Crippen molar-refractivity contribution in [2.75, 3.05) is 31.3 Å². The van der Waals surface area contributed by atoms with Crippen molar-refractivity contribution < 1.29 is 22.7 Å². The zero-order chi connectivity index (χ0) is 22.5. The van der Waals surface area contributed by atoms with Gasteiger partial charge in [-0.1, -0.05) is 17.7 Å². The number of hydrazone groups is 1. The summed E-state index contributed by atoms with van der Waals surface area (Å²) in [4.78, 5) is 12.4. The Labute approximate surface area is 177 Å². The lowest BCUT2D eigenvalue weighted by atomic mass is 10.1. The Morgan fingerprint density at radius 3 is 2.30 bits per heavy atom. The van der Waals surface area contributed by atoms with E-state index in [4.69, 9.17) is 9.47 Å². The van der Waals surface area contributed by atoms with Crippen LogP contribution < -0.4 is 19.2 Å². The number of benzene rings is 2. The number of anilines is 1. The molecular weight excluding hydrogens is 406 g/mol. The molecule has 0 atom stereocenters. The third-order valence-electron chi connectivity index (χ3n) is 4.46. The van der Waals surface area contributed by atoms with Gasteiger partial charge in [0.15, 0.2) is 11.5 Å². The van der Waals surface area contributed by atoms with E-state index in [0.717, 1.165) is 27.3 Å². The second kappa shape index (κ2) is 9.62. The van der Waals surface area contributed by atoms with Crippen molar-refractivity contribution in [2.45, 2.75) is 20.8 Å². The number of amides is 1. The molecule has 0 bridgehead atoms. The molecule has 1 N–H and O–H groups in total. The molecule has 1 amide bonds. The molecule has 0 saturated carbocycles. The molecule has 9 heteroatoms. The topological polar surface area (TPSA) is 97.3 Å². The van der Waals surface area contributed by atoms with Crippen LogP contribution in [0.25, 0.3) is 0 Å². The van der Waals surface area contributed by atoms with Crippen LogP contribution in [0.1, 0.15) is 23.6 Å². The van der Waals surface area contributed by atoms with E-state index >= 15 is 0 Å². The first-order valence-electron chi connectivity index (χ1n) is 9.17. The molecule has 0 aliphatic rings. The first kappa shape index (κ1) is 23.2. The van der Waals surface area contributed by atoms with Gasteiger partial charge in [-0.15, -0.1) is 0 Å². The first-order valence-corrected chi connectivity index (χ1v) is 11.0. The zero-order valence-corrected chi connectivity index (χ0v) is 18.8. The number of hydrogen-bond acceptors (Lipinski definition) is 6. The fourth-order valence-electron chi connectivity index (χ4n) is 2.90. The monoisotopic (exact) mass is 433 g/mol. The summed E-state index contributed by atoms with van der Waals surface area (Å²) >= 11 is 0. The van der Waals surface area contributed by atoms with Crippen LogP contribution in [0.15, 0.2) is 41.5 Å². The fraction of sp³-hybridized carbons (Fsp3) is 0.333. The molecule has 0 fully saturated rings. The van der Waals surface area contributed by atoms with Crippen molar-refractivity contribution >= 4 is 27.3 Å². The SMILES string of the molecule is COc1ccc(/C(C)=N\NC(=O)CN(c2ccc(C)cc2C)S(C)(=O)=O)cc1OC. The van der Waals surface area contributed by atoms with Crippen molar-refractivity contribution in [1.29, 1.82) is 0 Å². The number of carbonyl (C=O) groups excluding carboxylic acids is 1. The standard InChI is InChI=1S/C21H27N3O5S/c1-14-7-9-18(15(2)11-14)24(30(6,26)27)13-21(25)23-22-16(3)17-8-10-19(28-4)20(12-17)29-5/h7-12H,13H2,1-6H3,(H,23,25)/b22-16-. The summed E-state index contributed by atoms with van der Waals surface area (Å²) in [7, 11) is -0.588. The molecule has 0 aliphatic heterocycles. The quantitative estimate of drug-likeness (QED) is 0.510. The van der Waals surface area contributed by atoms with Crippen molar-refractivity contribution in [3.8, 4) is 11.5 Å². The Hall–Kier alpha value is -3.07. The molecule has 162 valence electrons. The molecule has 0 saturated heterocycles. The van der Waals surface area contributed by atoms with E-state index < -0.39 is 15.9 Å². The summed E-state index contributed by atoms with van der Waals surface area (Å²) in [5.74, 6) is 0.560. The summed E-state index contributed by atoms with van der Waals surface area (Å²) in [6, 6.07) is 10.6. The molecule has 0 radical (unpaired) electrons. The molecule has 0 heterocycles. The van der Waals surface area contributed by atoms with E-state index in [0.29, 0.717) is 22.9 Å². The maximum atomic E-state index is 12.4. The van der Waals surface area contributed by atoms with Crippen molar-refractivity contribution in [3.63, 3.8) is 0 Å². The second-order valence-corrected chi connectivity index (χ2v) is 8.77. The van der Waals surface area contributed by atoms with Crippen LogP contribution >= 0.6 is 0 Å². The second-order valence-electron chi connectivity index (χ2n) is 6.86. The number of rotatable bonds is 8. The third-order valence-corrected chi connectivity index (χ3v) is 5.58. The van der Waals surface area contributed by atoms with Crippen LogP contribution in [0.3, 0.4) is 0 Å². The largest absolute Gasteiger partial charge is 0.493 e. The maximum Gasteiger partial charge on any atom is 0.260 e. The van der Waals surface area contributed by atoms with Gasteiger partial charge in [-0.3, -0.25) is 9.10 Å². The highest BCUT2D eigenvalue weighted by molar-refractivity contribution is 7.92. The lowest BCUT2D eigenvalue weighted by Crippen LogP contribution is -2.39. The molecular formula is C21H27N3O5S. The van der Waals surface area contributed by atoms with Gasteiger partial charge in [0.1, 0.15) is 6.54 Å². The molecule has 30 heavy (non-hydrogen) atoms. The van der Waals surface area contributed by atoms with Crippen LogP contribution in [0.4, 0.5) is 5.69 Å². The van der Waals surface area contributed by atoms with Gasteiger partial charge in [-0.05, 0) is 50.6 Å². The van der Waals surface area contributed by atoms with Gasteiger partial charge in [0, 0.05) is 5.56 Å². The smallest absolute Gasteiger partial charge is 0.260 e. The average Bonchev–Trinajstić information content (AvgIpc) is 2.69. The number of aryl methyl sites for hydroxylation is 2.